The summed E-state index contributed by atoms with van der Waals surface area (Å²) < 4.78 is 57.7. The van der Waals surface area contributed by atoms with Gasteiger partial charge in [-0.25, -0.2) is 16.8 Å². The molecule has 0 radical (unpaired) electrons. The molecule has 0 heterocycles. The largest absolute Gasteiger partial charge is 2.00 e. The first-order chi connectivity index (χ1) is 5.12. The zero-order chi connectivity index (χ0) is 10.4. The van der Waals surface area contributed by atoms with Crippen LogP contribution in [-0.4, -0.2) is 25.9 Å². The second-order valence-electron chi connectivity index (χ2n) is 0.953. The second kappa shape index (κ2) is 10.4. The van der Waals surface area contributed by atoms with Gasteiger partial charge in [0.05, 0.1) is 0 Å². The Morgan fingerprint density at radius 2 is 0.786 bits per heavy atom. The molecule has 0 unspecified atom stereocenters. The molecule has 0 aliphatic carbocycles. The van der Waals surface area contributed by atoms with Gasteiger partial charge in [0.25, 0.3) is 0 Å². The van der Waals surface area contributed by atoms with E-state index in [9.17, 15) is 0 Å². The third-order valence-electron chi connectivity index (χ3n) is 0.167. The van der Waals surface area contributed by atoms with Gasteiger partial charge in [-0.3, -0.25) is 0 Å². The van der Waals surface area contributed by atoms with Crippen LogP contribution < -0.4 is 10.5 Å². The summed E-state index contributed by atoms with van der Waals surface area (Å²) in [5, 5.41) is 17.1. The Bertz CT molecular complexity index is 252. The van der Waals surface area contributed by atoms with Crippen molar-refractivity contribution < 1.29 is 84.1 Å². The molecular weight excluding hydrogens is 355 g/mol. The van der Waals surface area contributed by atoms with Crippen LogP contribution in [-0.2, 0) is 68.4 Å². The van der Waals surface area contributed by atoms with Gasteiger partial charge in [-0.2, -0.15) is 0 Å². The van der Waals surface area contributed by atoms with Crippen LogP contribution in [0.5, 0.6) is 0 Å². The van der Waals surface area contributed by atoms with Crippen molar-refractivity contribution in [3.63, 3.8) is 0 Å². The summed E-state index contributed by atoms with van der Waals surface area (Å²) in [6.45, 7) is 0. The summed E-state index contributed by atoms with van der Waals surface area (Å²) >= 11 is 0. The van der Waals surface area contributed by atoms with Gasteiger partial charge in [0.1, 0.15) is 0 Å². The quantitative estimate of drug-likeness (QED) is 0.154. The first kappa shape index (κ1) is 24.2. The monoisotopic (exact) mass is 352 g/mol. The molecule has 14 heteroatoms. The normalized spacial score (nSPS) is 10.0. The summed E-state index contributed by atoms with van der Waals surface area (Å²) in [4.78, 5) is 0. The average Bonchev–Trinajstić information content (AvgIpc) is 1.86. The fraction of sp³-hybridized carbons (Fsp3) is 0. The smallest absolute Gasteiger partial charge is 0.726 e. The topological polar surface area (TPSA) is 179 Å². The van der Waals surface area contributed by atoms with E-state index < -0.39 is 20.8 Å². The molecule has 0 spiro atoms. The van der Waals surface area contributed by atoms with Crippen LogP contribution in [0.2, 0.25) is 0 Å². The van der Waals surface area contributed by atoms with Crippen LogP contribution in [0.15, 0.2) is 0 Å². The van der Waals surface area contributed by atoms with Crippen molar-refractivity contribution >= 4 is 20.8 Å². The maximum absolute atomic E-state index is 8.91. The Labute approximate surface area is 104 Å². The van der Waals surface area contributed by atoms with E-state index in [2.05, 4.69) is 8.67 Å². The fourth-order valence-corrected chi connectivity index (χ4v) is 0. The van der Waals surface area contributed by atoms with Gasteiger partial charge >= 0.3 is 39.0 Å². The molecule has 0 rings (SSSR count). The van der Waals surface area contributed by atoms with E-state index in [-0.39, 0.29) is 39.0 Å². The maximum Gasteiger partial charge on any atom is 2.00 e. The van der Waals surface area contributed by atoms with Crippen molar-refractivity contribution in [3.8, 4) is 0 Å². The molecule has 76 valence electrons. The minimum Gasteiger partial charge on any atom is -0.726 e. The van der Waals surface area contributed by atoms with E-state index in [1.165, 1.54) is 0 Å². The van der Waals surface area contributed by atoms with Crippen LogP contribution >= 0.6 is 0 Å². The molecule has 0 fully saturated rings. The Morgan fingerprint density at radius 3 is 0.786 bits per heavy atom. The van der Waals surface area contributed by atoms with E-state index in [0.717, 1.165) is 0 Å². The minimum absolute atomic E-state index is 0. The van der Waals surface area contributed by atoms with Crippen LogP contribution in [0.3, 0.4) is 0 Å². The van der Waals surface area contributed by atoms with Gasteiger partial charge in [0.2, 0.25) is 20.8 Å². The van der Waals surface area contributed by atoms with Crippen molar-refractivity contribution in [2.75, 3.05) is 0 Å². The molecule has 0 atom stereocenters. The van der Waals surface area contributed by atoms with E-state index in [0.29, 0.717) is 0 Å². The number of hydrogen-bond donors (Lipinski definition) is 0. The Balaban J connectivity index is -0.0000000625. The molecule has 0 aliphatic rings. The van der Waals surface area contributed by atoms with Gasteiger partial charge in [-0.15, -0.1) is 0 Å². The van der Waals surface area contributed by atoms with E-state index in [4.69, 9.17) is 36.5 Å². The molecule has 14 heavy (non-hydrogen) atoms. The minimum atomic E-state index is -4.97. The summed E-state index contributed by atoms with van der Waals surface area (Å²) in [6, 6.07) is 0. The van der Waals surface area contributed by atoms with Crippen molar-refractivity contribution in [2.24, 2.45) is 0 Å². The Hall–Kier alpha value is 0.907. The molecular formula is O10S2Zn2. The van der Waals surface area contributed by atoms with Gasteiger partial charge in [-0.05, 0) is 0 Å². The molecule has 0 N–H and O–H groups in total. The average molecular weight is 355 g/mol. The predicted octanol–water partition coefficient (Wildman–Crippen LogP) is -4.53. The molecule has 0 aromatic heterocycles. The molecule has 10 nitrogen and oxygen atoms in total. The number of hydrogen-bond acceptors (Lipinski definition) is 10. The molecule has 0 saturated carbocycles. The van der Waals surface area contributed by atoms with Gasteiger partial charge < -0.3 is 28.3 Å². The van der Waals surface area contributed by atoms with Gasteiger partial charge in [-0.1, -0.05) is 0 Å². The van der Waals surface area contributed by atoms with Crippen LogP contribution in [0, 0.1) is 0 Å². The SMILES string of the molecule is O=S(=O)([O-])O[O-].O=S(=O)([O-])O[O-].[Zn+2].[Zn+2]. The van der Waals surface area contributed by atoms with Crippen molar-refractivity contribution in [3.05, 3.63) is 0 Å². The van der Waals surface area contributed by atoms with Crippen molar-refractivity contribution in [1.29, 1.82) is 0 Å². The Kier molecular flexibility index (Phi) is 18.0. The van der Waals surface area contributed by atoms with E-state index in [1.54, 1.807) is 0 Å². The third-order valence-corrected chi connectivity index (χ3v) is 0.500. The molecule has 0 aromatic rings. The molecule has 0 amide bonds. The van der Waals surface area contributed by atoms with E-state index in [1.807, 2.05) is 0 Å². The van der Waals surface area contributed by atoms with Gasteiger partial charge in [0.15, 0.2) is 0 Å². The van der Waals surface area contributed by atoms with Crippen molar-refractivity contribution in [1.82, 2.24) is 0 Å². The predicted molar refractivity (Wildman–Crippen MR) is 21.6 cm³/mol. The zero-order valence-corrected chi connectivity index (χ0v) is 13.9. The number of rotatable bonds is 2. The molecule has 0 bridgehead atoms. The summed E-state index contributed by atoms with van der Waals surface area (Å²) in [5.41, 5.74) is 0. The molecule has 0 aliphatic heterocycles. The third kappa shape index (κ3) is 38.4. The molecule has 0 saturated heterocycles. The summed E-state index contributed by atoms with van der Waals surface area (Å²) in [6.07, 6.45) is 0. The first-order valence-electron chi connectivity index (χ1n) is 1.67. The standard InChI is InChI=1S/2H2O5S.2Zn/c2*1-5-6(2,3)4;;/h2*1H,(H,2,3,4);;/q;;2*+2/p-4. The molecule has 0 aromatic carbocycles. The second-order valence-corrected chi connectivity index (χ2v) is 2.86. The summed E-state index contributed by atoms with van der Waals surface area (Å²) in [7, 11) is -9.94. The van der Waals surface area contributed by atoms with Gasteiger partial charge in [0, 0.05) is 0 Å². The first-order valence-corrected chi connectivity index (χ1v) is 4.33. The maximum atomic E-state index is 8.91. The van der Waals surface area contributed by atoms with Crippen LogP contribution in [0.25, 0.3) is 0 Å². The Morgan fingerprint density at radius 1 is 0.714 bits per heavy atom. The van der Waals surface area contributed by atoms with Crippen molar-refractivity contribution in [2.45, 2.75) is 0 Å². The summed E-state index contributed by atoms with van der Waals surface area (Å²) in [5.74, 6) is 0. The van der Waals surface area contributed by atoms with Crippen LogP contribution in [0.1, 0.15) is 0 Å². The fourth-order valence-electron chi connectivity index (χ4n) is 0. The van der Waals surface area contributed by atoms with Crippen LogP contribution in [0.4, 0.5) is 0 Å². The van der Waals surface area contributed by atoms with E-state index >= 15 is 0 Å². The zero-order valence-electron chi connectivity index (χ0n) is 6.31.